The molecule has 0 bridgehead atoms. The second kappa shape index (κ2) is 7.43. The van der Waals surface area contributed by atoms with E-state index in [1.165, 1.54) is 0 Å². The van der Waals surface area contributed by atoms with Crippen molar-refractivity contribution < 1.29 is 5.11 Å². The number of aliphatic hydroxyl groups is 1. The van der Waals surface area contributed by atoms with Gasteiger partial charge >= 0.3 is 0 Å². The molecule has 3 N–H and O–H groups in total. The van der Waals surface area contributed by atoms with Gasteiger partial charge in [0.15, 0.2) is 0 Å². The molecule has 0 radical (unpaired) electrons. The van der Waals surface area contributed by atoms with E-state index in [0.29, 0.717) is 11.9 Å². The molecule has 20 heavy (non-hydrogen) atoms. The van der Waals surface area contributed by atoms with Crippen LogP contribution in [0.25, 0.3) is 0 Å². The van der Waals surface area contributed by atoms with Crippen molar-refractivity contribution in [3.8, 4) is 0 Å². The van der Waals surface area contributed by atoms with Crippen LogP contribution < -0.4 is 10.6 Å². The lowest BCUT2D eigenvalue weighted by atomic mass is 9.87. The maximum Gasteiger partial charge on any atom is 0.224 e. The summed E-state index contributed by atoms with van der Waals surface area (Å²) >= 11 is 0. The zero-order valence-electron chi connectivity index (χ0n) is 12.5. The summed E-state index contributed by atoms with van der Waals surface area (Å²) in [4.78, 5) is 8.81. The first kappa shape index (κ1) is 15.0. The van der Waals surface area contributed by atoms with Crippen molar-refractivity contribution >= 4 is 11.8 Å². The van der Waals surface area contributed by atoms with Crippen molar-refractivity contribution in [1.29, 1.82) is 0 Å². The molecule has 1 aliphatic carbocycles. The molecule has 0 atom stereocenters. The summed E-state index contributed by atoms with van der Waals surface area (Å²) < 4.78 is 0. The Labute approximate surface area is 121 Å². The van der Waals surface area contributed by atoms with Crippen molar-refractivity contribution in [2.75, 3.05) is 23.7 Å². The first-order valence-electron chi connectivity index (χ1n) is 7.68. The number of aryl methyl sites for hydroxylation is 1. The SMILES string of the molecule is CCCNc1ncc(C)c(NCC2CCC(O)CC2)n1. The lowest BCUT2D eigenvalue weighted by molar-refractivity contribution is 0.111. The van der Waals surface area contributed by atoms with Crippen LogP contribution in [-0.2, 0) is 0 Å². The lowest BCUT2D eigenvalue weighted by Gasteiger charge is -2.25. The van der Waals surface area contributed by atoms with Gasteiger partial charge in [0.1, 0.15) is 5.82 Å². The van der Waals surface area contributed by atoms with E-state index in [1.54, 1.807) is 0 Å². The average Bonchev–Trinajstić information content (AvgIpc) is 2.46. The summed E-state index contributed by atoms with van der Waals surface area (Å²) in [6, 6.07) is 0. The summed E-state index contributed by atoms with van der Waals surface area (Å²) in [7, 11) is 0. The van der Waals surface area contributed by atoms with E-state index in [-0.39, 0.29) is 6.10 Å². The van der Waals surface area contributed by atoms with E-state index in [1.807, 2.05) is 13.1 Å². The molecule has 5 heteroatoms. The maximum absolute atomic E-state index is 9.53. The van der Waals surface area contributed by atoms with Crippen LogP contribution in [0.2, 0.25) is 0 Å². The number of hydrogen-bond donors (Lipinski definition) is 3. The van der Waals surface area contributed by atoms with Gasteiger partial charge in [-0.1, -0.05) is 6.92 Å². The molecule has 1 fully saturated rings. The largest absolute Gasteiger partial charge is 0.393 e. The highest BCUT2D eigenvalue weighted by atomic mass is 16.3. The van der Waals surface area contributed by atoms with Crippen molar-refractivity contribution in [2.45, 2.75) is 52.1 Å². The molecular formula is C15H26N4O. The molecule has 112 valence electrons. The lowest BCUT2D eigenvalue weighted by Crippen LogP contribution is -2.24. The van der Waals surface area contributed by atoms with Crippen LogP contribution in [0.15, 0.2) is 6.20 Å². The van der Waals surface area contributed by atoms with E-state index >= 15 is 0 Å². The first-order chi connectivity index (χ1) is 9.69. The Balaban J connectivity index is 1.87. The highest BCUT2D eigenvalue weighted by molar-refractivity contribution is 5.46. The minimum absolute atomic E-state index is 0.0862. The zero-order valence-corrected chi connectivity index (χ0v) is 12.5. The Bertz CT molecular complexity index is 416. The van der Waals surface area contributed by atoms with E-state index in [4.69, 9.17) is 0 Å². The van der Waals surface area contributed by atoms with Crippen LogP contribution in [0, 0.1) is 12.8 Å². The van der Waals surface area contributed by atoms with Gasteiger partial charge in [-0.25, -0.2) is 4.98 Å². The smallest absolute Gasteiger partial charge is 0.224 e. The Hall–Kier alpha value is -1.36. The second-order valence-electron chi connectivity index (χ2n) is 5.71. The molecule has 0 aliphatic heterocycles. The van der Waals surface area contributed by atoms with Gasteiger partial charge in [0, 0.05) is 24.8 Å². The van der Waals surface area contributed by atoms with Crippen LogP contribution in [0.5, 0.6) is 0 Å². The summed E-state index contributed by atoms with van der Waals surface area (Å²) in [5, 5.41) is 16.2. The quantitative estimate of drug-likeness (QED) is 0.746. The third kappa shape index (κ3) is 4.34. The highest BCUT2D eigenvalue weighted by Gasteiger charge is 2.19. The molecule has 0 spiro atoms. The molecule has 0 amide bonds. The first-order valence-corrected chi connectivity index (χ1v) is 7.68. The van der Waals surface area contributed by atoms with Gasteiger partial charge in [-0.05, 0) is 44.9 Å². The fourth-order valence-corrected chi connectivity index (χ4v) is 2.53. The number of aliphatic hydroxyl groups excluding tert-OH is 1. The predicted molar refractivity (Wildman–Crippen MR) is 82.0 cm³/mol. The van der Waals surface area contributed by atoms with Crippen molar-refractivity contribution in [3.05, 3.63) is 11.8 Å². The highest BCUT2D eigenvalue weighted by Crippen LogP contribution is 2.24. The number of anilines is 2. The molecule has 0 aromatic carbocycles. The average molecular weight is 278 g/mol. The molecule has 0 saturated heterocycles. The van der Waals surface area contributed by atoms with E-state index in [2.05, 4.69) is 27.5 Å². The van der Waals surface area contributed by atoms with Gasteiger partial charge in [0.2, 0.25) is 5.95 Å². The minimum Gasteiger partial charge on any atom is -0.393 e. The Kier molecular flexibility index (Phi) is 5.59. The van der Waals surface area contributed by atoms with Gasteiger partial charge in [-0.3, -0.25) is 0 Å². The van der Waals surface area contributed by atoms with Crippen LogP contribution in [0.1, 0.15) is 44.6 Å². The number of nitrogens with zero attached hydrogens (tertiary/aromatic N) is 2. The van der Waals surface area contributed by atoms with Gasteiger partial charge in [0.25, 0.3) is 0 Å². The molecule has 0 unspecified atom stereocenters. The van der Waals surface area contributed by atoms with Gasteiger partial charge in [-0.15, -0.1) is 0 Å². The Morgan fingerprint density at radius 3 is 2.70 bits per heavy atom. The van der Waals surface area contributed by atoms with Crippen molar-refractivity contribution in [3.63, 3.8) is 0 Å². The third-order valence-corrected chi connectivity index (χ3v) is 3.88. The Morgan fingerprint density at radius 2 is 2.00 bits per heavy atom. The zero-order chi connectivity index (χ0) is 14.4. The molecular weight excluding hydrogens is 252 g/mol. The van der Waals surface area contributed by atoms with Gasteiger partial charge < -0.3 is 15.7 Å². The summed E-state index contributed by atoms with van der Waals surface area (Å²) in [6.45, 7) is 5.97. The van der Waals surface area contributed by atoms with Crippen molar-refractivity contribution in [2.24, 2.45) is 5.92 Å². The number of rotatable bonds is 6. The normalized spacial score (nSPS) is 22.6. The summed E-state index contributed by atoms with van der Waals surface area (Å²) in [5.74, 6) is 2.25. The molecule has 1 saturated carbocycles. The van der Waals surface area contributed by atoms with E-state index < -0.39 is 0 Å². The fraction of sp³-hybridized carbons (Fsp3) is 0.733. The second-order valence-corrected chi connectivity index (χ2v) is 5.71. The number of aromatic nitrogens is 2. The fourth-order valence-electron chi connectivity index (χ4n) is 2.53. The van der Waals surface area contributed by atoms with E-state index in [0.717, 1.165) is 56.6 Å². The van der Waals surface area contributed by atoms with Gasteiger partial charge in [0.05, 0.1) is 6.10 Å². The predicted octanol–water partition coefficient (Wildman–Crippen LogP) is 2.57. The monoisotopic (exact) mass is 278 g/mol. The Morgan fingerprint density at radius 1 is 1.25 bits per heavy atom. The molecule has 1 aromatic heterocycles. The standard InChI is InChI=1S/C15H26N4O/c1-3-8-16-15-18-9-11(2)14(19-15)17-10-12-4-6-13(20)7-5-12/h9,12-13,20H,3-8,10H2,1-2H3,(H2,16,17,18,19). The van der Waals surface area contributed by atoms with Crippen LogP contribution in [-0.4, -0.2) is 34.3 Å². The van der Waals surface area contributed by atoms with Crippen molar-refractivity contribution in [1.82, 2.24) is 9.97 Å². The van der Waals surface area contributed by atoms with Gasteiger partial charge in [-0.2, -0.15) is 4.98 Å². The topological polar surface area (TPSA) is 70.1 Å². The molecule has 1 heterocycles. The molecule has 1 aromatic rings. The number of hydrogen-bond acceptors (Lipinski definition) is 5. The summed E-state index contributed by atoms with van der Waals surface area (Å²) in [5.41, 5.74) is 1.07. The molecule has 1 aliphatic rings. The number of nitrogens with one attached hydrogen (secondary N) is 2. The molecule has 2 rings (SSSR count). The van der Waals surface area contributed by atoms with Crippen LogP contribution in [0.3, 0.4) is 0 Å². The third-order valence-electron chi connectivity index (χ3n) is 3.88. The van der Waals surface area contributed by atoms with Crippen LogP contribution in [0.4, 0.5) is 11.8 Å². The summed E-state index contributed by atoms with van der Waals surface area (Å²) in [6.07, 6.45) is 6.88. The maximum atomic E-state index is 9.53. The van der Waals surface area contributed by atoms with E-state index in [9.17, 15) is 5.11 Å². The molecule has 5 nitrogen and oxygen atoms in total. The minimum atomic E-state index is -0.0862. The van der Waals surface area contributed by atoms with Crippen LogP contribution >= 0.6 is 0 Å².